The van der Waals surface area contributed by atoms with Crippen LogP contribution in [0.5, 0.6) is 0 Å². The Morgan fingerprint density at radius 1 is 1.35 bits per heavy atom. The monoisotopic (exact) mass is 242 g/mol. The highest BCUT2D eigenvalue weighted by atomic mass is 32.1. The Morgan fingerprint density at radius 2 is 2.06 bits per heavy atom. The third kappa shape index (κ3) is 2.35. The Balaban J connectivity index is 2.42. The van der Waals surface area contributed by atoms with Crippen LogP contribution < -0.4 is 0 Å². The summed E-state index contributed by atoms with van der Waals surface area (Å²) >= 11 is 1.35. The lowest BCUT2D eigenvalue weighted by atomic mass is 10.2. The molecule has 0 saturated heterocycles. The standard InChI is InChI=1S/C13H10N2OS/c1-9(16)11(7-14)13-15-12(8-17-13)10-5-3-2-4-6-10/h2-6,8,16H,1H3/b11-9-. The van der Waals surface area contributed by atoms with Gasteiger partial charge in [0.1, 0.15) is 22.4 Å². The molecule has 0 spiro atoms. The average Bonchev–Trinajstić information content (AvgIpc) is 2.80. The van der Waals surface area contributed by atoms with E-state index in [1.807, 2.05) is 41.8 Å². The lowest BCUT2D eigenvalue weighted by Gasteiger charge is -1.95. The number of benzene rings is 1. The molecule has 4 heteroatoms. The first-order valence-corrected chi connectivity index (χ1v) is 5.91. The molecule has 0 amide bonds. The summed E-state index contributed by atoms with van der Waals surface area (Å²) in [5, 5.41) is 20.7. The summed E-state index contributed by atoms with van der Waals surface area (Å²) in [4.78, 5) is 4.35. The van der Waals surface area contributed by atoms with Crippen LogP contribution in [0.1, 0.15) is 11.9 Å². The maximum absolute atomic E-state index is 9.37. The number of rotatable bonds is 2. The molecule has 1 aromatic carbocycles. The zero-order valence-corrected chi connectivity index (χ0v) is 10.0. The van der Waals surface area contributed by atoms with Crippen LogP contribution >= 0.6 is 11.3 Å². The summed E-state index contributed by atoms with van der Waals surface area (Å²) in [6.45, 7) is 1.49. The number of aromatic nitrogens is 1. The number of aliphatic hydroxyl groups is 1. The molecule has 0 unspecified atom stereocenters. The van der Waals surface area contributed by atoms with Crippen LogP contribution in [0.2, 0.25) is 0 Å². The zero-order valence-electron chi connectivity index (χ0n) is 9.21. The number of aliphatic hydroxyl groups excluding tert-OH is 1. The summed E-state index contributed by atoms with van der Waals surface area (Å²) in [5.41, 5.74) is 2.06. The molecule has 1 N–H and O–H groups in total. The van der Waals surface area contributed by atoms with Crippen molar-refractivity contribution in [3.8, 4) is 17.3 Å². The molecule has 0 radical (unpaired) electrons. The van der Waals surface area contributed by atoms with E-state index in [1.165, 1.54) is 18.3 Å². The molecule has 2 rings (SSSR count). The van der Waals surface area contributed by atoms with Gasteiger partial charge in [-0.25, -0.2) is 4.98 Å². The predicted molar refractivity (Wildman–Crippen MR) is 68.4 cm³/mol. The van der Waals surface area contributed by atoms with Crippen LogP contribution in [0.15, 0.2) is 41.5 Å². The largest absolute Gasteiger partial charge is 0.511 e. The van der Waals surface area contributed by atoms with Crippen molar-refractivity contribution in [2.75, 3.05) is 0 Å². The number of hydrogen-bond acceptors (Lipinski definition) is 4. The highest BCUT2D eigenvalue weighted by molar-refractivity contribution is 7.11. The maximum Gasteiger partial charge on any atom is 0.138 e. The van der Waals surface area contributed by atoms with E-state index >= 15 is 0 Å². The SMILES string of the molecule is C/C(O)=C(\C#N)c1nc(-c2ccccc2)cs1. The quantitative estimate of drug-likeness (QED) is 0.646. The minimum absolute atomic E-state index is 0.00135. The number of hydrogen-bond donors (Lipinski definition) is 1. The Hall–Kier alpha value is -2.12. The smallest absolute Gasteiger partial charge is 0.138 e. The highest BCUT2D eigenvalue weighted by Gasteiger charge is 2.10. The minimum Gasteiger partial charge on any atom is -0.511 e. The van der Waals surface area contributed by atoms with Crippen LogP contribution in [0.4, 0.5) is 0 Å². The van der Waals surface area contributed by atoms with Gasteiger partial charge in [-0.15, -0.1) is 11.3 Å². The summed E-state index contributed by atoms with van der Waals surface area (Å²) < 4.78 is 0. The van der Waals surface area contributed by atoms with Gasteiger partial charge in [0.05, 0.1) is 5.69 Å². The maximum atomic E-state index is 9.37. The molecule has 0 saturated carbocycles. The first-order valence-electron chi connectivity index (χ1n) is 5.03. The molecule has 0 bridgehead atoms. The number of nitriles is 1. The van der Waals surface area contributed by atoms with Crippen molar-refractivity contribution >= 4 is 16.9 Å². The molecule has 17 heavy (non-hydrogen) atoms. The molecular formula is C13H10N2OS. The second kappa shape index (κ2) is 4.81. The Bertz CT molecular complexity index is 589. The van der Waals surface area contributed by atoms with Crippen LogP contribution in [-0.2, 0) is 0 Å². The topological polar surface area (TPSA) is 56.9 Å². The van der Waals surface area contributed by atoms with Crippen molar-refractivity contribution in [3.05, 3.63) is 46.5 Å². The molecule has 84 valence electrons. The molecule has 0 atom stereocenters. The van der Waals surface area contributed by atoms with E-state index in [0.717, 1.165) is 11.3 Å². The molecular weight excluding hydrogens is 232 g/mol. The van der Waals surface area contributed by atoms with Gasteiger partial charge in [-0.05, 0) is 6.92 Å². The van der Waals surface area contributed by atoms with Crippen LogP contribution in [0, 0.1) is 11.3 Å². The lowest BCUT2D eigenvalue weighted by molar-refractivity contribution is 0.418. The molecule has 2 aromatic rings. The van der Waals surface area contributed by atoms with Crippen molar-refractivity contribution < 1.29 is 5.11 Å². The van der Waals surface area contributed by atoms with Gasteiger partial charge in [-0.1, -0.05) is 30.3 Å². The van der Waals surface area contributed by atoms with E-state index in [1.54, 1.807) is 0 Å². The van der Waals surface area contributed by atoms with Gasteiger partial charge < -0.3 is 5.11 Å². The van der Waals surface area contributed by atoms with E-state index in [9.17, 15) is 5.11 Å². The third-order valence-corrected chi connectivity index (χ3v) is 3.12. The fourth-order valence-electron chi connectivity index (χ4n) is 1.41. The van der Waals surface area contributed by atoms with Crippen molar-refractivity contribution in [2.45, 2.75) is 6.92 Å². The minimum atomic E-state index is 0.00135. The van der Waals surface area contributed by atoms with E-state index in [0.29, 0.717) is 5.01 Å². The fraction of sp³-hybridized carbons (Fsp3) is 0.0769. The van der Waals surface area contributed by atoms with Gasteiger partial charge in [0.2, 0.25) is 0 Å². The predicted octanol–water partition coefficient (Wildman–Crippen LogP) is 3.62. The van der Waals surface area contributed by atoms with Crippen molar-refractivity contribution in [1.29, 1.82) is 5.26 Å². The van der Waals surface area contributed by atoms with Gasteiger partial charge in [-0.3, -0.25) is 0 Å². The Labute approximate surface area is 103 Å². The van der Waals surface area contributed by atoms with Gasteiger partial charge in [0.25, 0.3) is 0 Å². The zero-order chi connectivity index (χ0) is 12.3. The van der Waals surface area contributed by atoms with Crippen LogP contribution in [-0.4, -0.2) is 10.1 Å². The summed E-state index contributed by atoms with van der Waals surface area (Å²) in [6.07, 6.45) is 0. The molecule has 1 aromatic heterocycles. The summed E-state index contributed by atoms with van der Waals surface area (Å²) in [7, 11) is 0. The Morgan fingerprint density at radius 3 is 2.65 bits per heavy atom. The average molecular weight is 242 g/mol. The number of allylic oxidation sites excluding steroid dienone is 2. The number of nitrogens with zero attached hydrogens (tertiary/aromatic N) is 2. The molecule has 0 fully saturated rings. The molecule has 1 heterocycles. The van der Waals surface area contributed by atoms with E-state index in [-0.39, 0.29) is 11.3 Å². The van der Waals surface area contributed by atoms with E-state index in [2.05, 4.69) is 4.98 Å². The molecule has 0 aliphatic carbocycles. The second-order valence-electron chi connectivity index (χ2n) is 3.48. The normalized spacial score (nSPS) is 11.8. The number of thiazole rings is 1. The van der Waals surface area contributed by atoms with Crippen molar-refractivity contribution in [1.82, 2.24) is 4.98 Å². The van der Waals surface area contributed by atoms with Crippen molar-refractivity contribution in [2.24, 2.45) is 0 Å². The van der Waals surface area contributed by atoms with Gasteiger partial charge >= 0.3 is 0 Å². The van der Waals surface area contributed by atoms with Gasteiger partial charge in [0.15, 0.2) is 0 Å². The van der Waals surface area contributed by atoms with Crippen LogP contribution in [0.3, 0.4) is 0 Å². The second-order valence-corrected chi connectivity index (χ2v) is 4.33. The van der Waals surface area contributed by atoms with Crippen LogP contribution in [0.25, 0.3) is 16.8 Å². The van der Waals surface area contributed by atoms with E-state index in [4.69, 9.17) is 5.26 Å². The fourth-order valence-corrected chi connectivity index (χ4v) is 2.29. The molecule has 0 aliphatic rings. The lowest BCUT2D eigenvalue weighted by Crippen LogP contribution is -1.85. The highest BCUT2D eigenvalue weighted by Crippen LogP contribution is 2.26. The molecule has 0 aliphatic heterocycles. The van der Waals surface area contributed by atoms with Gasteiger partial charge in [-0.2, -0.15) is 5.26 Å². The summed E-state index contributed by atoms with van der Waals surface area (Å²) in [5.74, 6) is 0.00135. The Kier molecular flexibility index (Phi) is 3.22. The first-order chi connectivity index (χ1) is 8.22. The third-order valence-electron chi connectivity index (χ3n) is 2.26. The summed E-state index contributed by atoms with van der Waals surface area (Å²) in [6, 6.07) is 11.7. The van der Waals surface area contributed by atoms with Crippen molar-refractivity contribution in [3.63, 3.8) is 0 Å². The van der Waals surface area contributed by atoms with E-state index < -0.39 is 0 Å². The first kappa shape index (κ1) is 11.4. The molecule has 3 nitrogen and oxygen atoms in total. The van der Waals surface area contributed by atoms with Gasteiger partial charge in [0, 0.05) is 10.9 Å².